The summed E-state index contributed by atoms with van der Waals surface area (Å²) in [4.78, 5) is 15.1. The van der Waals surface area contributed by atoms with E-state index in [4.69, 9.17) is 15.6 Å². The van der Waals surface area contributed by atoms with Crippen molar-refractivity contribution in [2.45, 2.75) is 38.7 Å². The van der Waals surface area contributed by atoms with Crippen LogP contribution in [-0.4, -0.2) is 22.2 Å². The lowest BCUT2D eigenvalue weighted by molar-refractivity contribution is -0.143. The molecule has 1 aromatic rings. The van der Waals surface area contributed by atoms with E-state index in [1.54, 1.807) is 6.07 Å². The third kappa shape index (κ3) is 2.91. The molecule has 0 saturated heterocycles. The van der Waals surface area contributed by atoms with Gasteiger partial charge in [0.2, 0.25) is 0 Å². The summed E-state index contributed by atoms with van der Waals surface area (Å²) < 4.78 is 5.77. The first-order chi connectivity index (χ1) is 8.56. The largest absolute Gasteiger partial charge is 0.487 e. The summed E-state index contributed by atoms with van der Waals surface area (Å²) >= 11 is 0. The van der Waals surface area contributed by atoms with Crippen LogP contribution >= 0.6 is 0 Å². The Balaban J connectivity index is 2.02. The number of rotatable bonds is 3. The number of nitrogens with two attached hydrogens (primary N) is 1. The Labute approximate surface area is 106 Å². The van der Waals surface area contributed by atoms with Crippen LogP contribution in [0.25, 0.3) is 0 Å². The van der Waals surface area contributed by atoms with Crippen molar-refractivity contribution in [1.29, 1.82) is 0 Å². The molecule has 18 heavy (non-hydrogen) atoms. The van der Waals surface area contributed by atoms with Gasteiger partial charge in [0.25, 0.3) is 0 Å². The molecule has 5 heteroatoms. The van der Waals surface area contributed by atoms with Crippen molar-refractivity contribution in [3.63, 3.8) is 0 Å². The van der Waals surface area contributed by atoms with Gasteiger partial charge in [-0.3, -0.25) is 4.79 Å². The molecule has 1 fully saturated rings. The molecule has 5 nitrogen and oxygen atoms in total. The van der Waals surface area contributed by atoms with E-state index in [2.05, 4.69) is 4.98 Å². The molecule has 1 saturated carbocycles. The Bertz CT molecular complexity index is 448. The predicted octanol–water partition coefficient (Wildman–Crippen LogP) is 1.99. The van der Waals surface area contributed by atoms with Crippen molar-refractivity contribution in [2.75, 3.05) is 5.73 Å². The molecule has 1 aliphatic rings. The van der Waals surface area contributed by atoms with E-state index in [9.17, 15) is 4.79 Å². The first-order valence-corrected chi connectivity index (χ1v) is 6.19. The summed E-state index contributed by atoms with van der Waals surface area (Å²) in [6.45, 7) is 1.86. The standard InChI is InChI=1S/C13H18N2O3/c1-8-5-6-11(12(14)15-8)18-10-4-2-3-9(7-10)13(16)17/h5-6,9-10H,2-4,7H2,1H3,(H2,14,15)(H,16,17)/t9-,10-/m0/s1. The summed E-state index contributed by atoms with van der Waals surface area (Å²) in [6.07, 6.45) is 2.95. The summed E-state index contributed by atoms with van der Waals surface area (Å²) in [5.41, 5.74) is 6.62. The van der Waals surface area contributed by atoms with Gasteiger partial charge in [-0.05, 0) is 44.7 Å². The summed E-state index contributed by atoms with van der Waals surface area (Å²) in [5, 5.41) is 9.02. The smallest absolute Gasteiger partial charge is 0.306 e. The summed E-state index contributed by atoms with van der Waals surface area (Å²) in [7, 11) is 0. The number of nitrogens with zero attached hydrogens (tertiary/aromatic N) is 1. The average molecular weight is 250 g/mol. The molecule has 2 rings (SSSR count). The van der Waals surface area contributed by atoms with Crippen molar-refractivity contribution in [3.05, 3.63) is 17.8 Å². The number of anilines is 1. The Hall–Kier alpha value is -1.78. The van der Waals surface area contributed by atoms with Gasteiger partial charge >= 0.3 is 5.97 Å². The minimum Gasteiger partial charge on any atom is -0.487 e. The quantitative estimate of drug-likeness (QED) is 0.856. The first kappa shape index (κ1) is 12.7. The van der Waals surface area contributed by atoms with Crippen LogP contribution in [-0.2, 0) is 4.79 Å². The van der Waals surface area contributed by atoms with Crippen LogP contribution in [0.4, 0.5) is 5.82 Å². The Morgan fingerprint density at radius 1 is 1.50 bits per heavy atom. The minimum absolute atomic E-state index is 0.0772. The Kier molecular flexibility index (Phi) is 3.69. The maximum Gasteiger partial charge on any atom is 0.306 e. The number of pyridine rings is 1. The van der Waals surface area contributed by atoms with Gasteiger partial charge in [0, 0.05) is 5.69 Å². The van der Waals surface area contributed by atoms with Crippen molar-refractivity contribution in [1.82, 2.24) is 4.98 Å². The van der Waals surface area contributed by atoms with Gasteiger partial charge in [-0.2, -0.15) is 0 Å². The number of carbonyl (C=O) groups is 1. The van der Waals surface area contributed by atoms with Gasteiger partial charge in [-0.15, -0.1) is 0 Å². The highest BCUT2D eigenvalue weighted by molar-refractivity contribution is 5.70. The highest BCUT2D eigenvalue weighted by Crippen LogP contribution is 2.29. The number of hydrogen-bond donors (Lipinski definition) is 2. The lowest BCUT2D eigenvalue weighted by Crippen LogP contribution is -2.29. The second-order valence-electron chi connectivity index (χ2n) is 4.78. The number of carboxylic acid groups (broad SMARTS) is 1. The maximum absolute atomic E-state index is 11.0. The van der Waals surface area contributed by atoms with Gasteiger partial charge in [0.05, 0.1) is 12.0 Å². The zero-order valence-corrected chi connectivity index (χ0v) is 10.4. The third-order valence-corrected chi connectivity index (χ3v) is 3.29. The molecular formula is C13H18N2O3. The number of aliphatic carboxylic acids is 1. The predicted molar refractivity (Wildman–Crippen MR) is 67.4 cm³/mol. The van der Waals surface area contributed by atoms with Gasteiger partial charge in [0.1, 0.15) is 0 Å². The summed E-state index contributed by atoms with van der Waals surface area (Å²) in [5.74, 6) is -0.120. The van der Waals surface area contributed by atoms with Gasteiger partial charge in [0.15, 0.2) is 11.6 Å². The maximum atomic E-state index is 11.0. The van der Waals surface area contributed by atoms with Crippen molar-refractivity contribution < 1.29 is 14.6 Å². The molecule has 98 valence electrons. The number of hydrogen-bond acceptors (Lipinski definition) is 4. The molecule has 2 atom stereocenters. The van der Waals surface area contributed by atoms with Crippen LogP contribution in [0.5, 0.6) is 5.75 Å². The number of carboxylic acids is 1. The van der Waals surface area contributed by atoms with E-state index in [1.165, 1.54) is 0 Å². The van der Waals surface area contributed by atoms with Crippen LogP contribution in [0.2, 0.25) is 0 Å². The van der Waals surface area contributed by atoms with Crippen molar-refractivity contribution >= 4 is 11.8 Å². The van der Waals surface area contributed by atoms with Gasteiger partial charge in [-0.1, -0.05) is 0 Å². The Morgan fingerprint density at radius 2 is 2.28 bits per heavy atom. The third-order valence-electron chi connectivity index (χ3n) is 3.29. The number of aryl methyl sites for hydroxylation is 1. The molecule has 0 unspecified atom stereocenters. The Morgan fingerprint density at radius 3 is 2.94 bits per heavy atom. The molecule has 0 aromatic carbocycles. The van der Waals surface area contributed by atoms with E-state index < -0.39 is 5.97 Å². The lowest BCUT2D eigenvalue weighted by atomic mass is 9.87. The fourth-order valence-corrected chi connectivity index (χ4v) is 2.32. The van der Waals surface area contributed by atoms with Crippen LogP contribution in [0, 0.1) is 12.8 Å². The molecule has 0 bridgehead atoms. The van der Waals surface area contributed by atoms with Gasteiger partial charge in [-0.25, -0.2) is 4.98 Å². The number of ether oxygens (including phenoxy) is 1. The molecule has 0 amide bonds. The molecule has 1 aromatic heterocycles. The topological polar surface area (TPSA) is 85.4 Å². The number of aromatic nitrogens is 1. The zero-order chi connectivity index (χ0) is 13.1. The highest BCUT2D eigenvalue weighted by Gasteiger charge is 2.28. The van der Waals surface area contributed by atoms with Crippen LogP contribution < -0.4 is 10.5 Å². The first-order valence-electron chi connectivity index (χ1n) is 6.19. The fourth-order valence-electron chi connectivity index (χ4n) is 2.32. The van der Waals surface area contributed by atoms with Crippen molar-refractivity contribution in [2.24, 2.45) is 5.92 Å². The average Bonchev–Trinajstić information content (AvgIpc) is 2.33. The SMILES string of the molecule is Cc1ccc(O[C@H]2CCC[C@H](C(=O)O)C2)c(N)n1. The van der Waals surface area contributed by atoms with Crippen LogP contribution in [0.1, 0.15) is 31.4 Å². The molecule has 0 radical (unpaired) electrons. The van der Waals surface area contributed by atoms with E-state index >= 15 is 0 Å². The normalized spacial score (nSPS) is 23.6. The second-order valence-corrected chi connectivity index (χ2v) is 4.78. The molecular weight excluding hydrogens is 232 g/mol. The van der Waals surface area contributed by atoms with E-state index in [0.717, 1.165) is 25.0 Å². The second kappa shape index (κ2) is 5.25. The summed E-state index contributed by atoms with van der Waals surface area (Å²) in [6, 6.07) is 3.63. The van der Waals surface area contributed by atoms with Crippen LogP contribution in [0.15, 0.2) is 12.1 Å². The molecule has 3 N–H and O–H groups in total. The monoisotopic (exact) mass is 250 g/mol. The molecule has 0 spiro atoms. The fraction of sp³-hybridized carbons (Fsp3) is 0.538. The minimum atomic E-state index is -0.738. The van der Waals surface area contributed by atoms with E-state index in [-0.39, 0.29) is 12.0 Å². The molecule has 1 aliphatic carbocycles. The highest BCUT2D eigenvalue weighted by atomic mass is 16.5. The zero-order valence-electron chi connectivity index (χ0n) is 10.4. The molecule has 0 aliphatic heterocycles. The van der Waals surface area contributed by atoms with E-state index in [1.807, 2.05) is 13.0 Å². The van der Waals surface area contributed by atoms with Gasteiger partial charge < -0.3 is 15.6 Å². The van der Waals surface area contributed by atoms with E-state index in [0.29, 0.717) is 18.0 Å². The number of nitrogen functional groups attached to an aromatic ring is 1. The lowest BCUT2D eigenvalue weighted by Gasteiger charge is -2.27. The van der Waals surface area contributed by atoms with Crippen molar-refractivity contribution in [3.8, 4) is 5.75 Å². The van der Waals surface area contributed by atoms with Crippen LogP contribution in [0.3, 0.4) is 0 Å². The molecule has 1 heterocycles.